The van der Waals surface area contributed by atoms with Crippen LogP contribution in [0.15, 0.2) is 36.7 Å². The van der Waals surface area contributed by atoms with Crippen molar-refractivity contribution in [3.05, 3.63) is 48.0 Å². The van der Waals surface area contributed by atoms with E-state index in [-0.39, 0.29) is 0 Å². The van der Waals surface area contributed by atoms with Gasteiger partial charge in [-0.2, -0.15) is 5.10 Å². The molecule has 0 saturated heterocycles. The molecule has 5 nitrogen and oxygen atoms in total. The monoisotopic (exact) mass is 232 g/mol. The van der Waals surface area contributed by atoms with Gasteiger partial charge in [0.25, 0.3) is 0 Å². The zero-order valence-corrected chi connectivity index (χ0v) is 9.53. The van der Waals surface area contributed by atoms with Crippen molar-refractivity contribution in [2.24, 2.45) is 5.73 Å². The summed E-state index contributed by atoms with van der Waals surface area (Å²) in [6, 6.07) is 9.95. The lowest BCUT2D eigenvalue weighted by atomic mass is 10.2. The molecule has 0 saturated carbocycles. The van der Waals surface area contributed by atoms with Gasteiger partial charge in [0.2, 0.25) is 0 Å². The van der Waals surface area contributed by atoms with Crippen molar-refractivity contribution < 1.29 is 5.11 Å². The Hall–Kier alpha value is -1.72. The molecule has 0 aliphatic heterocycles. The lowest BCUT2D eigenvalue weighted by molar-refractivity contribution is 0.155. The second kappa shape index (κ2) is 5.56. The third-order valence-corrected chi connectivity index (χ3v) is 2.56. The Kier molecular flexibility index (Phi) is 3.85. The predicted molar refractivity (Wildman–Crippen MR) is 64.2 cm³/mol. The van der Waals surface area contributed by atoms with Crippen LogP contribution in [0.4, 0.5) is 0 Å². The third-order valence-electron chi connectivity index (χ3n) is 2.56. The standard InChI is InChI=1S/C12H16N4O/c13-7-6-11(17)12-14-9-15-16(12)8-10-4-2-1-3-5-10/h1-5,9,11,17H,6-8,13H2. The highest BCUT2D eigenvalue weighted by Gasteiger charge is 2.14. The van der Waals surface area contributed by atoms with Crippen molar-refractivity contribution >= 4 is 0 Å². The molecule has 90 valence electrons. The minimum Gasteiger partial charge on any atom is -0.385 e. The average molecular weight is 232 g/mol. The van der Waals surface area contributed by atoms with E-state index in [1.165, 1.54) is 6.33 Å². The summed E-state index contributed by atoms with van der Waals surface area (Å²) in [7, 11) is 0. The maximum Gasteiger partial charge on any atom is 0.156 e. The predicted octanol–water partition coefficient (Wildman–Crippen LogP) is 0.709. The summed E-state index contributed by atoms with van der Waals surface area (Å²) in [5.74, 6) is 0.569. The third kappa shape index (κ3) is 2.89. The van der Waals surface area contributed by atoms with Crippen LogP contribution in [0.1, 0.15) is 23.9 Å². The van der Waals surface area contributed by atoms with Gasteiger partial charge in [-0.3, -0.25) is 0 Å². The zero-order valence-electron chi connectivity index (χ0n) is 9.53. The normalized spacial score (nSPS) is 12.6. The van der Waals surface area contributed by atoms with E-state index in [0.29, 0.717) is 25.3 Å². The first-order valence-corrected chi connectivity index (χ1v) is 5.61. The molecule has 1 aromatic heterocycles. The van der Waals surface area contributed by atoms with Gasteiger partial charge in [-0.25, -0.2) is 9.67 Å². The van der Waals surface area contributed by atoms with Crippen LogP contribution >= 0.6 is 0 Å². The highest BCUT2D eigenvalue weighted by molar-refractivity contribution is 5.15. The van der Waals surface area contributed by atoms with Crippen LogP contribution in [-0.4, -0.2) is 26.4 Å². The number of hydrogen-bond acceptors (Lipinski definition) is 4. The molecule has 0 fully saturated rings. The van der Waals surface area contributed by atoms with Crippen LogP contribution in [0.25, 0.3) is 0 Å². The maximum atomic E-state index is 9.86. The van der Waals surface area contributed by atoms with E-state index in [1.54, 1.807) is 4.68 Å². The number of nitrogens with zero attached hydrogens (tertiary/aromatic N) is 3. The molecule has 2 rings (SSSR count). The van der Waals surface area contributed by atoms with E-state index < -0.39 is 6.10 Å². The van der Waals surface area contributed by atoms with E-state index >= 15 is 0 Å². The summed E-state index contributed by atoms with van der Waals surface area (Å²) in [4.78, 5) is 4.08. The van der Waals surface area contributed by atoms with Crippen LogP contribution < -0.4 is 5.73 Å². The first kappa shape index (κ1) is 11.8. The van der Waals surface area contributed by atoms with Gasteiger partial charge in [-0.15, -0.1) is 0 Å². The fourth-order valence-corrected chi connectivity index (χ4v) is 1.70. The largest absolute Gasteiger partial charge is 0.385 e. The molecule has 0 amide bonds. The summed E-state index contributed by atoms with van der Waals surface area (Å²) in [5, 5.41) is 14.0. The van der Waals surface area contributed by atoms with Gasteiger partial charge in [-0.1, -0.05) is 30.3 Å². The quantitative estimate of drug-likeness (QED) is 0.796. The average Bonchev–Trinajstić information content (AvgIpc) is 2.79. The summed E-state index contributed by atoms with van der Waals surface area (Å²) >= 11 is 0. The molecule has 0 spiro atoms. The molecule has 1 heterocycles. The number of aliphatic hydroxyl groups is 1. The number of benzene rings is 1. The van der Waals surface area contributed by atoms with Crippen molar-refractivity contribution in [3.63, 3.8) is 0 Å². The van der Waals surface area contributed by atoms with Crippen molar-refractivity contribution in [1.82, 2.24) is 14.8 Å². The summed E-state index contributed by atoms with van der Waals surface area (Å²) in [5.41, 5.74) is 6.54. The second-order valence-electron chi connectivity index (χ2n) is 3.85. The molecule has 0 aliphatic rings. The number of rotatable bonds is 5. The Bertz CT molecular complexity index is 455. The molecule has 1 unspecified atom stereocenters. The fourth-order valence-electron chi connectivity index (χ4n) is 1.70. The summed E-state index contributed by atoms with van der Waals surface area (Å²) < 4.78 is 1.70. The highest BCUT2D eigenvalue weighted by atomic mass is 16.3. The van der Waals surface area contributed by atoms with Crippen molar-refractivity contribution in [1.29, 1.82) is 0 Å². The molecule has 0 aliphatic carbocycles. The smallest absolute Gasteiger partial charge is 0.156 e. The molecule has 1 aromatic carbocycles. The van der Waals surface area contributed by atoms with Gasteiger partial charge >= 0.3 is 0 Å². The van der Waals surface area contributed by atoms with Gasteiger partial charge in [0, 0.05) is 0 Å². The highest BCUT2D eigenvalue weighted by Crippen LogP contribution is 2.13. The Balaban J connectivity index is 2.14. The minimum atomic E-state index is -0.647. The van der Waals surface area contributed by atoms with Crippen LogP contribution in [0, 0.1) is 0 Å². The fraction of sp³-hybridized carbons (Fsp3) is 0.333. The minimum absolute atomic E-state index is 0.430. The van der Waals surface area contributed by atoms with Crippen molar-refractivity contribution in [2.75, 3.05) is 6.54 Å². The Morgan fingerprint density at radius 1 is 1.29 bits per heavy atom. The number of aromatic nitrogens is 3. The van der Waals surface area contributed by atoms with Gasteiger partial charge in [0.05, 0.1) is 6.54 Å². The second-order valence-corrected chi connectivity index (χ2v) is 3.85. The SMILES string of the molecule is NCCC(O)c1ncnn1Cc1ccccc1. The molecule has 2 aromatic rings. The number of nitrogens with two attached hydrogens (primary N) is 1. The van der Waals surface area contributed by atoms with Crippen molar-refractivity contribution in [2.45, 2.75) is 19.1 Å². The number of hydrogen-bond donors (Lipinski definition) is 2. The summed E-state index contributed by atoms with van der Waals surface area (Å²) in [6.07, 6.45) is 1.30. The first-order valence-electron chi connectivity index (χ1n) is 5.61. The summed E-state index contributed by atoms with van der Waals surface area (Å²) in [6.45, 7) is 1.04. The molecule has 17 heavy (non-hydrogen) atoms. The number of aliphatic hydroxyl groups excluding tert-OH is 1. The van der Waals surface area contributed by atoms with Gasteiger partial charge < -0.3 is 10.8 Å². The first-order chi connectivity index (χ1) is 8.31. The Morgan fingerprint density at radius 2 is 2.06 bits per heavy atom. The molecular weight excluding hydrogens is 216 g/mol. The molecule has 5 heteroatoms. The van der Waals surface area contributed by atoms with Crippen LogP contribution in [-0.2, 0) is 6.54 Å². The van der Waals surface area contributed by atoms with Gasteiger partial charge in [0.1, 0.15) is 12.4 Å². The van der Waals surface area contributed by atoms with Gasteiger partial charge in [-0.05, 0) is 18.5 Å². The zero-order chi connectivity index (χ0) is 12.1. The van der Waals surface area contributed by atoms with E-state index in [2.05, 4.69) is 10.1 Å². The van der Waals surface area contributed by atoms with E-state index in [0.717, 1.165) is 5.56 Å². The van der Waals surface area contributed by atoms with Gasteiger partial charge in [0.15, 0.2) is 5.82 Å². The maximum absolute atomic E-state index is 9.86. The molecule has 0 radical (unpaired) electrons. The molecule has 3 N–H and O–H groups in total. The molecular formula is C12H16N4O. The molecule has 0 bridgehead atoms. The van der Waals surface area contributed by atoms with Crippen LogP contribution in [0.2, 0.25) is 0 Å². The van der Waals surface area contributed by atoms with E-state index in [4.69, 9.17) is 5.73 Å². The van der Waals surface area contributed by atoms with Crippen molar-refractivity contribution in [3.8, 4) is 0 Å². The lowest BCUT2D eigenvalue weighted by Crippen LogP contribution is -2.14. The lowest BCUT2D eigenvalue weighted by Gasteiger charge is -2.10. The topological polar surface area (TPSA) is 77.0 Å². The van der Waals surface area contributed by atoms with E-state index in [9.17, 15) is 5.11 Å². The van der Waals surface area contributed by atoms with Crippen LogP contribution in [0.5, 0.6) is 0 Å². The molecule has 1 atom stereocenters. The Labute approximate surface area is 99.9 Å². The Morgan fingerprint density at radius 3 is 2.76 bits per heavy atom. The van der Waals surface area contributed by atoms with Crippen LogP contribution in [0.3, 0.4) is 0 Å². The van der Waals surface area contributed by atoms with E-state index in [1.807, 2.05) is 30.3 Å².